The van der Waals surface area contributed by atoms with Crippen LogP contribution in [0.3, 0.4) is 0 Å². The normalized spacial score (nSPS) is 58.2. The largest absolute Gasteiger partial charge is 0.465 e. The second-order valence-corrected chi connectivity index (χ2v) is 4.35. The lowest BCUT2D eigenvalue weighted by Crippen LogP contribution is -2.31. The zero-order valence-electron chi connectivity index (χ0n) is 7.09. The van der Waals surface area contributed by atoms with E-state index in [2.05, 4.69) is 0 Å². The maximum atomic E-state index is 11.3. The molecule has 0 radical (unpaired) electrons. The average molecular weight is 184 g/mol. The molecule has 6 atom stereocenters. The van der Waals surface area contributed by atoms with E-state index >= 15 is 0 Å². The minimum absolute atomic E-state index is 0.0556. The third-order valence-corrected chi connectivity index (χ3v) is 3.90. The van der Waals surface area contributed by atoms with Crippen molar-refractivity contribution in [2.45, 2.75) is 18.6 Å². The van der Waals surface area contributed by atoms with E-state index in [9.17, 15) is 15.0 Å². The van der Waals surface area contributed by atoms with Gasteiger partial charge in [-0.05, 0) is 6.42 Å². The van der Waals surface area contributed by atoms with Crippen molar-refractivity contribution >= 4 is 5.97 Å². The number of carbonyl (C=O) groups is 1. The fourth-order valence-electron chi connectivity index (χ4n) is 3.38. The highest BCUT2D eigenvalue weighted by molar-refractivity contribution is 5.76. The molecule has 72 valence electrons. The Morgan fingerprint density at radius 2 is 2.08 bits per heavy atom. The summed E-state index contributed by atoms with van der Waals surface area (Å²) in [4.78, 5) is 11.3. The van der Waals surface area contributed by atoms with E-state index < -0.39 is 12.2 Å². The lowest BCUT2D eigenvalue weighted by atomic mass is 9.80. The van der Waals surface area contributed by atoms with Crippen LogP contribution in [-0.2, 0) is 9.53 Å². The van der Waals surface area contributed by atoms with Crippen LogP contribution in [0.15, 0.2) is 0 Å². The van der Waals surface area contributed by atoms with Crippen LogP contribution in [0.25, 0.3) is 0 Å². The first-order valence-corrected chi connectivity index (χ1v) is 4.73. The van der Waals surface area contributed by atoms with E-state index in [-0.39, 0.29) is 29.6 Å². The lowest BCUT2D eigenvalue weighted by molar-refractivity contribution is -0.143. The molecule has 2 saturated carbocycles. The molecule has 2 N–H and O–H groups in total. The number of esters is 1. The van der Waals surface area contributed by atoms with E-state index in [4.69, 9.17) is 4.74 Å². The number of carbonyl (C=O) groups excluding carboxylic acids is 1. The number of fused-ring (bicyclic) bond motifs is 5. The van der Waals surface area contributed by atoms with Gasteiger partial charge in [-0.1, -0.05) is 0 Å². The van der Waals surface area contributed by atoms with Gasteiger partial charge in [0.1, 0.15) is 0 Å². The third-order valence-electron chi connectivity index (χ3n) is 3.90. The summed E-state index contributed by atoms with van der Waals surface area (Å²) >= 11 is 0. The summed E-state index contributed by atoms with van der Waals surface area (Å²) in [5.41, 5.74) is 0. The van der Waals surface area contributed by atoms with Gasteiger partial charge in [0, 0.05) is 17.8 Å². The molecule has 0 aromatic heterocycles. The van der Waals surface area contributed by atoms with Crippen LogP contribution in [0.1, 0.15) is 6.42 Å². The van der Waals surface area contributed by atoms with Gasteiger partial charge in [-0.25, -0.2) is 0 Å². The fraction of sp³-hybridized carbons (Fsp3) is 0.889. The Balaban J connectivity index is 1.98. The van der Waals surface area contributed by atoms with Crippen LogP contribution in [0.5, 0.6) is 0 Å². The first-order chi connectivity index (χ1) is 6.20. The predicted molar refractivity (Wildman–Crippen MR) is 41.5 cm³/mol. The Labute approximate surface area is 75.5 Å². The van der Waals surface area contributed by atoms with Gasteiger partial charge in [0.05, 0.1) is 24.7 Å². The molecule has 4 nitrogen and oxygen atoms in total. The molecule has 4 heteroatoms. The second kappa shape index (κ2) is 2.25. The molecule has 0 aromatic carbocycles. The van der Waals surface area contributed by atoms with Gasteiger partial charge in [-0.15, -0.1) is 0 Å². The molecular formula is C9H12O4. The van der Waals surface area contributed by atoms with Crippen LogP contribution in [0.4, 0.5) is 0 Å². The molecule has 0 unspecified atom stereocenters. The van der Waals surface area contributed by atoms with Gasteiger partial charge in [0.2, 0.25) is 0 Å². The fourth-order valence-corrected chi connectivity index (χ4v) is 3.38. The highest BCUT2D eigenvalue weighted by Gasteiger charge is 2.63. The minimum Gasteiger partial charge on any atom is -0.465 e. The van der Waals surface area contributed by atoms with Gasteiger partial charge < -0.3 is 14.9 Å². The predicted octanol–water partition coefficient (Wildman–Crippen LogP) is -0.853. The van der Waals surface area contributed by atoms with E-state index in [0.717, 1.165) is 0 Å². The third kappa shape index (κ3) is 0.758. The van der Waals surface area contributed by atoms with E-state index in [1.54, 1.807) is 0 Å². The van der Waals surface area contributed by atoms with Crippen molar-refractivity contribution in [3.63, 3.8) is 0 Å². The topological polar surface area (TPSA) is 66.8 Å². The molecule has 2 bridgehead atoms. The van der Waals surface area contributed by atoms with Crippen molar-refractivity contribution in [1.29, 1.82) is 0 Å². The number of cyclic esters (lactones) is 1. The van der Waals surface area contributed by atoms with Gasteiger partial charge >= 0.3 is 5.97 Å². The van der Waals surface area contributed by atoms with Gasteiger partial charge in [0.25, 0.3) is 0 Å². The average Bonchev–Trinajstić information content (AvgIpc) is 2.64. The van der Waals surface area contributed by atoms with Crippen molar-refractivity contribution in [2.24, 2.45) is 23.7 Å². The van der Waals surface area contributed by atoms with Crippen LogP contribution in [-0.4, -0.2) is 35.0 Å². The molecule has 1 aliphatic heterocycles. The van der Waals surface area contributed by atoms with E-state index in [0.29, 0.717) is 13.0 Å². The maximum Gasteiger partial charge on any atom is 0.309 e. The standard InChI is InChI=1S/C9H12O4/c10-5-1-3-6-4(2-13-9(6)12)7(5)8(3)11/h3-8,10-11H,1-2H2/t3-,4-,5+,6+,7-,8-/m1/s1. The number of aliphatic hydroxyl groups excluding tert-OH is 2. The van der Waals surface area contributed by atoms with Gasteiger partial charge in [0.15, 0.2) is 0 Å². The summed E-state index contributed by atoms with van der Waals surface area (Å²) in [6, 6.07) is 0. The molecule has 2 aliphatic carbocycles. The molecule has 13 heavy (non-hydrogen) atoms. The maximum absolute atomic E-state index is 11.3. The number of hydrogen-bond donors (Lipinski definition) is 2. The first-order valence-electron chi connectivity index (χ1n) is 4.73. The Morgan fingerprint density at radius 3 is 2.85 bits per heavy atom. The summed E-state index contributed by atoms with van der Waals surface area (Å²) in [7, 11) is 0. The Hall–Kier alpha value is -0.610. The van der Waals surface area contributed by atoms with Crippen LogP contribution < -0.4 is 0 Å². The monoisotopic (exact) mass is 184 g/mol. The quantitative estimate of drug-likeness (QED) is 0.481. The molecular weight excluding hydrogens is 172 g/mol. The van der Waals surface area contributed by atoms with Crippen molar-refractivity contribution in [3.8, 4) is 0 Å². The van der Waals surface area contributed by atoms with E-state index in [1.807, 2.05) is 0 Å². The Kier molecular flexibility index (Phi) is 1.34. The Bertz CT molecular complexity index is 262. The minimum atomic E-state index is -0.488. The molecule has 3 aliphatic rings. The van der Waals surface area contributed by atoms with Crippen molar-refractivity contribution in [1.82, 2.24) is 0 Å². The molecule has 1 saturated heterocycles. The first kappa shape index (κ1) is 7.76. The second-order valence-electron chi connectivity index (χ2n) is 4.35. The molecule has 3 fully saturated rings. The Morgan fingerprint density at radius 1 is 1.31 bits per heavy atom. The summed E-state index contributed by atoms with van der Waals surface area (Å²) in [5, 5.41) is 19.4. The summed E-state index contributed by atoms with van der Waals surface area (Å²) < 4.78 is 4.94. The summed E-state index contributed by atoms with van der Waals surface area (Å²) in [5.74, 6) is -0.426. The summed E-state index contributed by atoms with van der Waals surface area (Å²) in [6.07, 6.45) is -0.365. The van der Waals surface area contributed by atoms with Crippen molar-refractivity contribution in [3.05, 3.63) is 0 Å². The van der Waals surface area contributed by atoms with E-state index in [1.165, 1.54) is 0 Å². The summed E-state index contributed by atoms with van der Waals surface area (Å²) in [6.45, 7) is 0.388. The SMILES string of the molecule is O=C1OC[C@@H]2[C@@H]1[C@H]1C[C@H](O)[C@@H]2[C@@H]1O. The zero-order chi connectivity index (χ0) is 9.16. The lowest BCUT2D eigenvalue weighted by Gasteiger charge is -2.23. The van der Waals surface area contributed by atoms with Crippen LogP contribution in [0, 0.1) is 23.7 Å². The highest BCUT2D eigenvalue weighted by Crippen LogP contribution is 2.55. The van der Waals surface area contributed by atoms with Gasteiger partial charge in [-0.3, -0.25) is 4.79 Å². The zero-order valence-corrected chi connectivity index (χ0v) is 7.09. The smallest absolute Gasteiger partial charge is 0.309 e. The molecule has 0 amide bonds. The molecule has 1 heterocycles. The highest BCUT2D eigenvalue weighted by atomic mass is 16.5. The molecule has 0 aromatic rings. The number of rotatable bonds is 0. The van der Waals surface area contributed by atoms with Crippen LogP contribution in [0.2, 0.25) is 0 Å². The molecule has 3 rings (SSSR count). The van der Waals surface area contributed by atoms with Crippen molar-refractivity contribution in [2.75, 3.05) is 6.61 Å². The van der Waals surface area contributed by atoms with Crippen molar-refractivity contribution < 1.29 is 19.7 Å². The number of hydrogen-bond acceptors (Lipinski definition) is 4. The van der Waals surface area contributed by atoms with Gasteiger partial charge in [-0.2, -0.15) is 0 Å². The van der Waals surface area contributed by atoms with Crippen LogP contribution >= 0.6 is 0 Å². The number of aliphatic hydroxyl groups is 2. The number of ether oxygens (including phenoxy) is 1. The molecule has 0 spiro atoms.